The Morgan fingerprint density at radius 1 is 1.20 bits per heavy atom. The average molecular weight is 338 g/mol. The lowest BCUT2D eigenvalue weighted by atomic mass is 10.1. The number of ether oxygens (including phenoxy) is 2. The largest absolute Gasteiger partial charge is 0.497 e. The zero-order valence-electron chi connectivity index (χ0n) is 14.1. The molecule has 0 aliphatic carbocycles. The molecular formula is C19H18N2O4. The van der Waals surface area contributed by atoms with E-state index >= 15 is 0 Å². The fourth-order valence-electron chi connectivity index (χ4n) is 2.67. The number of hydrogen-bond acceptors (Lipinski definition) is 5. The summed E-state index contributed by atoms with van der Waals surface area (Å²) in [6.07, 6.45) is 1.59. The fourth-order valence-corrected chi connectivity index (χ4v) is 2.67. The van der Waals surface area contributed by atoms with Crippen LogP contribution >= 0.6 is 0 Å². The van der Waals surface area contributed by atoms with Gasteiger partial charge in [0.25, 0.3) is 5.56 Å². The van der Waals surface area contributed by atoms with Crippen LogP contribution < -0.4 is 10.3 Å². The minimum atomic E-state index is -0.469. The molecule has 0 bridgehead atoms. The maximum atomic E-state index is 13.0. The minimum Gasteiger partial charge on any atom is -0.497 e. The van der Waals surface area contributed by atoms with E-state index in [2.05, 4.69) is 4.98 Å². The third-order valence-electron chi connectivity index (χ3n) is 3.84. The lowest BCUT2D eigenvalue weighted by Crippen LogP contribution is -2.27. The molecule has 0 spiro atoms. The van der Waals surface area contributed by atoms with E-state index in [-0.39, 0.29) is 18.7 Å². The first-order chi connectivity index (χ1) is 12.1. The minimum absolute atomic E-state index is 0.176. The van der Waals surface area contributed by atoms with Crippen LogP contribution in [0.2, 0.25) is 0 Å². The molecule has 0 atom stereocenters. The zero-order valence-corrected chi connectivity index (χ0v) is 14.1. The van der Waals surface area contributed by atoms with E-state index in [1.807, 2.05) is 18.2 Å². The summed E-state index contributed by atoms with van der Waals surface area (Å²) in [5.74, 6) is 0.237. The van der Waals surface area contributed by atoms with Gasteiger partial charge in [0.1, 0.15) is 17.9 Å². The SMILES string of the molecule is CCOC(=O)Cn1c(=O)c(-c2ccc(OC)cc2)cc2cccnc21. The molecule has 2 aromatic heterocycles. The number of rotatable bonds is 5. The van der Waals surface area contributed by atoms with Crippen molar-refractivity contribution in [1.29, 1.82) is 0 Å². The number of aromatic nitrogens is 2. The zero-order chi connectivity index (χ0) is 17.8. The first-order valence-corrected chi connectivity index (χ1v) is 7.92. The Balaban J connectivity index is 2.17. The third kappa shape index (κ3) is 3.38. The van der Waals surface area contributed by atoms with Gasteiger partial charge >= 0.3 is 5.97 Å². The molecule has 6 nitrogen and oxygen atoms in total. The van der Waals surface area contributed by atoms with Crippen LogP contribution in [0.25, 0.3) is 22.2 Å². The van der Waals surface area contributed by atoms with Gasteiger partial charge in [0.15, 0.2) is 0 Å². The smallest absolute Gasteiger partial charge is 0.326 e. The summed E-state index contributed by atoms with van der Waals surface area (Å²) < 4.78 is 11.5. The van der Waals surface area contributed by atoms with Crippen molar-refractivity contribution in [3.8, 4) is 16.9 Å². The van der Waals surface area contributed by atoms with Crippen molar-refractivity contribution in [2.24, 2.45) is 0 Å². The number of pyridine rings is 2. The first kappa shape index (κ1) is 16.7. The average Bonchev–Trinajstić information content (AvgIpc) is 2.64. The van der Waals surface area contributed by atoms with Crippen LogP contribution in [-0.2, 0) is 16.1 Å². The predicted octanol–water partition coefficient (Wildman–Crippen LogP) is 2.64. The predicted molar refractivity (Wildman–Crippen MR) is 94.6 cm³/mol. The van der Waals surface area contributed by atoms with Gasteiger partial charge in [0, 0.05) is 17.1 Å². The Morgan fingerprint density at radius 3 is 2.64 bits per heavy atom. The van der Waals surface area contributed by atoms with Crippen molar-refractivity contribution < 1.29 is 14.3 Å². The standard InChI is InChI=1S/C19H18N2O4/c1-3-25-17(22)12-21-18-14(5-4-10-20-18)11-16(19(21)23)13-6-8-15(24-2)9-7-13/h4-11H,3,12H2,1-2H3. The molecule has 0 fully saturated rings. The summed E-state index contributed by atoms with van der Waals surface area (Å²) >= 11 is 0. The fraction of sp³-hybridized carbons (Fsp3) is 0.211. The number of fused-ring (bicyclic) bond motifs is 1. The molecule has 0 aliphatic rings. The quantitative estimate of drug-likeness (QED) is 0.669. The molecule has 1 aromatic carbocycles. The molecule has 0 saturated carbocycles. The van der Waals surface area contributed by atoms with Crippen molar-refractivity contribution in [1.82, 2.24) is 9.55 Å². The van der Waals surface area contributed by atoms with Crippen LogP contribution in [-0.4, -0.2) is 29.2 Å². The van der Waals surface area contributed by atoms with Crippen molar-refractivity contribution in [3.05, 3.63) is 59.0 Å². The monoisotopic (exact) mass is 338 g/mol. The number of carbonyl (C=O) groups is 1. The Morgan fingerprint density at radius 2 is 1.96 bits per heavy atom. The van der Waals surface area contributed by atoms with Gasteiger partial charge in [-0.1, -0.05) is 12.1 Å². The Hall–Kier alpha value is -3.15. The van der Waals surface area contributed by atoms with Gasteiger partial charge in [0.2, 0.25) is 0 Å². The van der Waals surface area contributed by atoms with Crippen LogP contribution in [0, 0.1) is 0 Å². The molecular weight excluding hydrogens is 320 g/mol. The lowest BCUT2D eigenvalue weighted by Gasteiger charge is -2.12. The summed E-state index contributed by atoms with van der Waals surface area (Å²) in [5.41, 5.74) is 1.41. The molecule has 3 aromatic rings. The summed E-state index contributed by atoms with van der Waals surface area (Å²) in [4.78, 5) is 29.1. The molecule has 0 saturated heterocycles. The van der Waals surface area contributed by atoms with E-state index in [1.165, 1.54) is 4.57 Å². The highest BCUT2D eigenvalue weighted by Gasteiger charge is 2.15. The van der Waals surface area contributed by atoms with Crippen molar-refractivity contribution in [3.63, 3.8) is 0 Å². The first-order valence-electron chi connectivity index (χ1n) is 7.92. The molecule has 2 heterocycles. The van der Waals surface area contributed by atoms with E-state index in [4.69, 9.17) is 9.47 Å². The molecule has 128 valence electrons. The van der Waals surface area contributed by atoms with Gasteiger partial charge in [0.05, 0.1) is 13.7 Å². The van der Waals surface area contributed by atoms with Crippen LogP contribution in [0.4, 0.5) is 0 Å². The second-order valence-corrected chi connectivity index (χ2v) is 5.40. The number of esters is 1. The van der Waals surface area contributed by atoms with Gasteiger partial charge in [-0.15, -0.1) is 0 Å². The van der Waals surface area contributed by atoms with Crippen molar-refractivity contribution in [2.75, 3.05) is 13.7 Å². The van der Waals surface area contributed by atoms with Crippen molar-refractivity contribution >= 4 is 17.0 Å². The summed E-state index contributed by atoms with van der Waals surface area (Å²) in [5, 5.41) is 0.775. The van der Waals surface area contributed by atoms with Crippen LogP contribution in [0.3, 0.4) is 0 Å². The summed E-state index contributed by atoms with van der Waals surface area (Å²) in [6, 6.07) is 12.6. The van der Waals surface area contributed by atoms with Gasteiger partial charge in [-0.05, 0) is 42.8 Å². The molecule has 0 radical (unpaired) electrons. The van der Waals surface area contributed by atoms with Crippen LogP contribution in [0.1, 0.15) is 6.92 Å². The molecule has 0 aliphatic heterocycles. The van der Waals surface area contributed by atoms with E-state index in [9.17, 15) is 9.59 Å². The molecule has 3 rings (SSSR count). The highest BCUT2D eigenvalue weighted by Crippen LogP contribution is 2.22. The van der Waals surface area contributed by atoms with Crippen LogP contribution in [0.15, 0.2) is 53.5 Å². The lowest BCUT2D eigenvalue weighted by molar-refractivity contribution is -0.143. The number of nitrogens with zero attached hydrogens (tertiary/aromatic N) is 2. The second kappa shape index (κ2) is 7.17. The summed E-state index contributed by atoms with van der Waals surface area (Å²) in [7, 11) is 1.59. The normalized spacial score (nSPS) is 10.6. The highest BCUT2D eigenvalue weighted by molar-refractivity contribution is 5.82. The summed E-state index contributed by atoms with van der Waals surface area (Å²) in [6.45, 7) is 1.81. The molecule has 0 unspecified atom stereocenters. The molecule has 0 amide bonds. The number of benzene rings is 1. The Labute approximate surface area is 144 Å². The molecule has 0 N–H and O–H groups in total. The Bertz CT molecular complexity index is 961. The van der Waals surface area contributed by atoms with Crippen LogP contribution in [0.5, 0.6) is 5.75 Å². The van der Waals surface area contributed by atoms with E-state index < -0.39 is 5.97 Å². The van der Waals surface area contributed by atoms with E-state index in [0.29, 0.717) is 17.0 Å². The van der Waals surface area contributed by atoms with Gasteiger partial charge in [-0.3, -0.25) is 14.2 Å². The van der Waals surface area contributed by atoms with E-state index in [1.54, 1.807) is 44.5 Å². The second-order valence-electron chi connectivity index (χ2n) is 5.40. The number of carbonyl (C=O) groups excluding carboxylic acids is 1. The van der Waals surface area contributed by atoms with E-state index in [0.717, 1.165) is 10.9 Å². The molecule has 25 heavy (non-hydrogen) atoms. The maximum Gasteiger partial charge on any atom is 0.326 e. The topological polar surface area (TPSA) is 70.4 Å². The Kier molecular flexibility index (Phi) is 4.79. The third-order valence-corrected chi connectivity index (χ3v) is 3.84. The van der Waals surface area contributed by atoms with Gasteiger partial charge in [-0.25, -0.2) is 4.98 Å². The number of methoxy groups -OCH3 is 1. The molecule has 6 heteroatoms. The van der Waals surface area contributed by atoms with Gasteiger partial charge < -0.3 is 9.47 Å². The highest BCUT2D eigenvalue weighted by atomic mass is 16.5. The van der Waals surface area contributed by atoms with Crippen molar-refractivity contribution in [2.45, 2.75) is 13.5 Å². The maximum absolute atomic E-state index is 13.0. The number of hydrogen-bond donors (Lipinski definition) is 0. The van der Waals surface area contributed by atoms with Gasteiger partial charge in [-0.2, -0.15) is 0 Å².